The normalized spacial score (nSPS) is 17.1. The molecule has 2 aromatic heterocycles. The van der Waals surface area contributed by atoms with Crippen LogP contribution in [-0.4, -0.2) is 77.1 Å². The predicted molar refractivity (Wildman–Crippen MR) is 141 cm³/mol. The summed E-state index contributed by atoms with van der Waals surface area (Å²) < 4.78 is 30.3. The van der Waals surface area contributed by atoms with Crippen LogP contribution in [0.2, 0.25) is 0 Å². The van der Waals surface area contributed by atoms with E-state index in [0.717, 1.165) is 17.1 Å². The summed E-state index contributed by atoms with van der Waals surface area (Å²) in [5.41, 5.74) is 3.49. The van der Waals surface area contributed by atoms with E-state index in [4.69, 9.17) is 14.7 Å². The Kier molecular flexibility index (Phi) is 7.92. The van der Waals surface area contributed by atoms with E-state index >= 15 is 0 Å². The minimum absolute atomic E-state index is 0.101. The molecule has 0 unspecified atom stereocenters. The van der Waals surface area contributed by atoms with Gasteiger partial charge in [0.2, 0.25) is 0 Å². The number of carbonyl (C=O) groups is 2. The lowest BCUT2D eigenvalue weighted by Gasteiger charge is -2.37. The Labute approximate surface area is 224 Å². The number of halogens is 2. The molecule has 0 saturated carbocycles. The fourth-order valence-corrected chi connectivity index (χ4v) is 4.71. The number of anilines is 2. The quantitative estimate of drug-likeness (QED) is 0.496. The zero-order chi connectivity index (χ0) is 27.4. The first-order chi connectivity index (χ1) is 18.9. The standard InChI is InChI=1S/C27H29F2N7O3/c1-17-16-39-12-11-36(17)25-21-8-10-35(26(37)19-3-2-9-30-13-19)15-22(21)33-24(34-25)18-4-6-20(7-5-18)32-27(38)31-14-23(28)29/h2-7,9,13,17,23H,8,10-12,14-16H2,1H3,(H2,31,32,38)/t17-/m0/s1. The molecule has 2 aliphatic heterocycles. The smallest absolute Gasteiger partial charge is 0.319 e. The molecule has 2 N–H and O–H groups in total. The number of hydrogen-bond donors (Lipinski definition) is 2. The van der Waals surface area contributed by atoms with E-state index in [2.05, 4.69) is 27.4 Å². The van der Waals surface area contributed by atoms with E-state index in [1.54, 1.807) is 53.7 Å². The van der Waals surface area contributed by atoms with Crippen molar-refractivity contribution in [1.29, 1.82) is 0 Å². The summed E-state index contributed by atoms with van der Waals surface area (Å²) in [7, 11) is 0. The third kappa shape index (κ3) is 6.11. The maximum absolute atomic E-state index is 13.1. The van der Waals surface area contributed by atoms with Crippen LogP contribution in [0.1, 0.15) is 28.5 Å². The predicted octanol–water partition coefficient (Wildman–Crippen LogP) is 3.35. The summed E-state index contributed by atoms with van der Waals surface area (Å²) in [5.74, 6) is 1.23. The van der Waals surface area contributed by atoms with E-state index < -0.39 is 19.0 Å². The number of hydrogen-bond acceptors (Lipinski definition) is 7. The van der Waals surface area contributed by atoms with Crippen LogP contribution in [0, 0.1) is 0 Å². The molecular formula is C27H29F2N7O3. The Hall–Kier alpha value is -4.19. The molecule has 2 aliphatic rings. The van der Waals surface area contributed by atoms with Crippen LogP contribution >= 0.6 is 0 Å². The highest BCUT2D eigenvalue weighted by Gasteiger charge is 2.30. The van der Waals surface area contributed by atoms with Gasteiger partial charge in [0.05, 0.1) is 43.6 Å². The van der Waals surface area contributed by atoms with Gasteiger partial charge in [-0.3, -0.25) is 9.78 Å². The molecule has 1 saturated heterocycles. The van der Waals surface area contributed by atoms with Crippen molar-refractivity contribution >= 4 is 23.4 Å². The van der Waals surface area contributed by atoms with Crippen LogP contribution in [0.25, 0.3) is 11.4 Å². The second kappa shape index (κ2) is 11.7. The number of aromatic nitrogens is 3. The summed E-state index contributed by atoms with van der Waals surface area (Å²) in [6.07, 6.45) is 1.19. The van der Waals surface area contributed by atoms with Gasteiger partial charge in [-0.05, 0) is 49.7 Å². The number of amides is 3. The van der Waals surface area contributed by atoms with Crippen LogP contribution < -0.4 is 15.5 Å². The van der Waals surface area contributed by atoms with Crippen LogP contribution in [0.15, 0.2) is 48.8 Å². The number of carbonyl (C=O) groups excluding carboxylic acids is 2. The van der Waals surface area contributed by atoms with E-state index in [1.165, 1.54) is 0 Å². The van der Waals surface area contributed by atoms with Gasteiger partial charge in [0.15, 0.2) is 5.82 Å². The van der Waals surface area contributed by atoms with Gasteiger partial charge < -0.3 is 25.2 Å². The van der Waals surface area contributed by atoms with E-state index in [-0.39, 0.29) is 11.9 Å². The van der Waals surface area contributed by atoms with Gasteiger partial charge in [0.25, 0.3) is 12.3 Å². The second-order valence-electron chi connectivity index (χ2n) is 9.44. The molecule has 3 amide bonds. The average Bonchev–Trinajstić information content (AvgIpc) is 2.96. The van der Waals surface area contributed by atoms with Crippen LogP contribution in [0.5, 0.6) is 0 Å². The minimum Gasteiger partial charge on any atom is -0.377 e. The number of alkyl halides is 2. The summed E-state index contributed by atoms with van der Waals surface area (Å²) >= 11 is 0. The Bertz CT molecular complexity index is 1320. The molecular weight excluding hydrogens is 508 g/mol. The lowest BCUT2D eigenvalue weighted by atomic mass is 10.0. The molecule has 1 atom stereocenters. The summed E-state index contributed by atoms with van der Waals surface area (Å²) in [6, 6.07) is 9.75. The first-order valence-electron chi connectivity index (χ1n) is 12.8. The van der Waals surface area contributed by atoms with Crippen molar-refractivity contribution < 1.29 is 23.1 Å². The topological polar surface area (TPSA) is 113 Å². The van der Waals surface area contributed by atoms with Gasteiger partial charge in [-0.1, -0.05) is 0 Å². The Morgan fingerprint density at radius 1 is 1.15 bits per heavy atom. The third-order valence-corrected chi connectivity index (χ3v) is 6.70. The highest BCUT2D eigenvalue weighted by Crippen LogP contribution is 2.32. The number of benzene rings is 1. The van der Waals surface area contributed by atoms with Gasteiger partial charge in [-0.2, -0.15) is 0 Å². The van der Waals surface area contributed by atoms with Crippen molar-refractivity contribution in [3.05, 3.63) is 65.6 Å². The zero-order valence-corrected chi connectivity index (χ0v) is 21.4. The van der Waals surface area contributed by atoms with Crippen LogP contribution in [0.4, 0.5) is 25.1 Å². The Morgan fingerprint density at radius 3 is 2.69 bits per heavy atom. The molecule has 5 rings (SSSR count). The maximum Gasteiger partial charge on any atom is 0.319 e. The van der Waals surface area contributed by atoms with Gasteiger partial charge >= 0.3 is 6.03 Å². The van der Waals surface area contributed by atoms with Crippen molar-refractivity contribution in [2.45, 2.75) is 32.4 Å². The van der Waals surface area contributed by atoms with Gasteiger partial charge in [-0.15, -0.1) is 0 Å². The molecule has 204 valence electrons. The average molecular weight is 538 g/mol. The van der Waals surface area contributed by atoms with Crippen molar-refractivity contribution in [2.75, 3.05) is 43.1 Å². The van der Waals surface area contributed by atoms with E-state index in [1.807, 2.05) is 0 Å². The largest absolute Gasteiger partial charge is 0.377 e. The SMILES string of the molecule is C[C@H]1COCCN1c1nc(-c2ccc(NC(=O)NCC(F)F)cc2)nc2c1CCN(C(=O)c1cccnc1)C2. The number of nitrogens with zero attached hydrogens (tertiary/aromatic N) is 5. The first kappa shape index (κ1) is 26.4. The molecule has 0 radical (unpaired) electrons. The number of ether oxygens (including phenoxy) is 1. The summed E-state index contributed by atoms with van der Waals surface area (Å²) in [6.45, 7) is 4.13. The number of morpholine rings is 1. The number of rotatable bonds is 6. The summed E-state index contributed by atoms with van der Waals surface area (Å²) in [5, 5.41) is 4.64. The molecule has 12 heteroatoms. The molecule has 4 heterocycles. The maximum atomic E-state index is 13.1. The Morgan fingerprint density at radius 2 is 1.97 bits per heavy atom. The van der Waals surface area contributed by atoms with Gasteiger partial charge in [0.1, 0.15) is 5.82 Å². The number of urea groups is 1. The first-order valence-corrected chi connectivity index (χ1v) is 12.8. The second-order valence-corrected chi connectivity index (χ2v) is 9.44. The molecule has 3 aromatic rings. The molecule has 39 heavy (non-hydrogen) atoms. The lowest BCUT2D eigenvalue weighted by molar-refractivity contribution is 0.0731. The van der Waals surface area contributed by atoms with Crippen LogP contribution in [-0.2, 0) is 17.7 Å². The van der Waals surface area contributed by atoms with Crippen LogP contribution in [0.3, 0.4) is 0 Å². The molecule has 0 aliphatic carbocycles. The highest BCUT2D eigenvalue weighted by atomic mass is 19.3. The van der Waals surface area contributed by atoms with Gasteiger partial charge in [-0.25, -0.2) is 23.5 Å². The highest BCUT2D eigenvalue weighted by molar-refractivity contribution is 5.94. The number of pyridine rings is 1. The number of fused-ring (bicyclic) bond motifs is 1. The summed E-state index contributed by atoms with van der Waals surface area (Å²) in [4.78, 5) is 42.9. The third-order valence-electron chi connectivity index (χ3n) is 6.70. The van der Waals surface area contributed by atoms with Crippen molar-refractivity contribution in [3.63, 3.8) is 0 Å². The molecule has 1 aromatic carbocycles. The molecule has 10 nitrogen and oxygen atoms in total. The Balaban J connectivity index is 1.44. The number of nitrogens with one attached hydrogen (secondary N) is 2. The van der Waals surface area contributed by atoms with E-state index in [0.29, 0.717) is 61.9 Å². The molecule has 0 spiro atoms. The lowest BCUT2D eigenvalue weighted by Crippen LogP contribution is -2.45. The monoisotopic (exact) mass is 537 g/mol. The zero-order valence-electron chi connectivity index (χ0n) is 21.4. The fraction of sp³-hybridized carbons (Fsp3) is 0.370. The van der Waals surface area contributed by atoms with Gasteiger partial charge in [0, 0.05) is 42.3 Å². The van der Waals surface area contributed by atoms with Crippen molar-refractivity contribution in [1.82, 2.24) is 25.2 Å². The molecule has 1 fully saturated rings. The van der Waals surface area contributed by atoms with Crippen molar-refractivity contribution in [2.24, 2.45) is 0 Å². The minimum atomic E-state index is -2.63. The van der Waals surface area contributed by atoms with Crippen molar-refractivity contribution in [3.8, 4) is 11.4 Å². The fourth-order valence-electron chi connectivity index (χ4n) is 4.71. The molecule has 0 bridgehead atoms. The van der Waals surface area contributed by atoms with E-state index in [9.17, 15) is 18.4 Å².